The van der Waals surface area contributed by atoms with E-state index in [0.717, 1.165) is 39.2 Å². The number of nitrogens with zero attached hydrogens (tertiary/aromatic N) is 5. The molecule has 0 aliphatic carbocycles. The Morgan fingerprint density at radius 3 is 2.55 bits per heavy atom. The quantitative estimate of drug-likeness (QED) is 0.674. The molecular weight excluding hydrogens is 412 g/mol. The molecule has 3 aromatic rings. The smallest absolute Gasteiger partial charge is 0.277 e. The number of rotatable bonds is 3. The number of hydrogen-bond acceptors (Lipinski definition) is 5. The van der Waals surface area contributed by atoms with Crippen LogP contribution in [-0.2, 0) is 11.8 Å². The summed E-state index contributed by atoms with van der Waals surface area (Å²) in [5.41, 5.74) is 6.24. The van der Waals surface area contributed by atoms with Crippen molar-refractivity contribution in [1.29, 1.82) is 0 Å². The van der Waals surface area contributed by atoms with Gasteiger partial charge >= 0.3 is 0 Å². The Balaban J connectivity index is 1.70. The third-order valence-electron chi connectivity index (χ3n) is 6.16. The number of halogens is 1. The van der Waals surface area contributed by atoms with E-state index in [4.69, 9.17) is 11.6 Å². The zero-order valence-electron chi connectivity index (χ0n) is 18.2. The van der Waals surface area contributed by atoms with Crippen molar-refractivity contribution >= 4 is 34.2 Å². The molecule has 31 heavy (non-hydrogen) atoms. The van der Waals surface area contributed by atoms with Gasteiger partial charge in [-0.15, -0.1) is 5.10 Å². The maximum atomic E-state index is 13.9. The maximum Gasteiger partial charge on any atom is 0.277 e. The molecule has 0 radical (unpaired) electrons. The van der Waals surface area contributed by atoms with Gasteiger partial charge in [0, 0.05) is 23.8 Å². The van der Waals surface area contributed by atoms with E-state index in [2.05, 4.69) is 41.3 Å². The number of amides is 1. The van der Waals surface area contributed by atoms with Crippen LogP contribution in [0.5, 0.6) is 0 Å². The third kappa shape index (κ3) is 2.91. The van der Waals surface area contributed by atoms with Gasteiger partial charge < -0.3 is 10.2 Å². The lowest BCUT2D eigenvalue weighted by Crippen LogP contribution is -2.45. The Morgan fingerprint density at radius 1 is 1.16 bits per heavy atom. The van der Waals surface area contributed by atoms with Crippen molar-refractivity contribution in [2.75, 3.05) is 4.90 Å². The normalized spacial score (nSPS) is 20.9. The van der Waals surface area contributed by atoms with Gasteiger partial charge in [0.15, 0.2) is 0 Å². The third-order valence-corrected chi connectivity index (χ3v) is 6.41. The highest BCUT2D eigenvalue weighted by molar-refractivity contribution is 6.30. The van der Waals surface area contributed by atoms with Gasteiger partial charge in [-0.2, -0.15) is 0 Å². The summed E-state index contributed by atoms with van der Waals surface area (Å²) >= 11 is 6.16. The molecule has 0 saturated heterocycles. The van der Waals surface area contributed by atoms with Crippen LogP contribution in [0.25, 0.3) is 11.0 Å². The van der Waals surface area contributed by atoms with Gasteiger partial charge in [0.05, 0.1) is 17.4 Å². The molecule has 2 aromatic carbocycles. The molecule has 0 saturated carbocycles. The summed E-state index contributed by atoms with van der Waals surface area (Å²) < 4.78 is 1.74. The predicted octanol–water partition coefficient (Wildman–Crippen LogP) is 3.89. The molecule has 2 atom stereocenters. The van der Waals surface area contributed by atoms with Crippen LogP contribution >= 0.6 is 11.6 Å². The number of benzene rings is 2. The largest absolute Gasteiger partial charge is 0.365 e. The monoisotopic (exact) mass is 436 g/mol. The fraction of sp³-hybridized carbons (Fsp3) is 0.348. The number of carbonyl (C=O) groups excluding carboxylic acids is 1. The van der Waals surface area contributed by atoms with E-state index in [1.165, 1.54) is 0 Å². The highest BCUT2D eigenvalue weighted by Gasteiger charge is 2.49. The van der Waals surface area contributed by atoms with E-state index in [9.17, 15) is 4.79 Å². The van der Waals surface area contributed by atoms with Gasteiger partial charge in [-0.25, -0.2) is 4.68 Å². The molecule has 3 heterocycles. The Hall–Kier alpha value is -3.06. The van der Waals surface area contributed by atoms with E-state index in [1.807, 2.05) is 55.3 Å². The van der Waals surface area contributed by atoms with Crippen LogP contribution in [0.15, 0.2) is 47.8 Å². The number of carbonyl (C=O) groups is 1. The second-order valence-electron chi connectivity index (χ2n) is 8.56. The molecule has 1 aromatic heterocycles. The number of hydrogen-bond donors (Lipinski definition) is 1. The van der Waals surface area contributed by atoms with Gasteiger partial charge in [-0.05, 0) is 63.1 Å². The average Bonchev–Trinajstić information content (AvgIpc) is 3.34. The number of aryl methyl sites for hydroxylation is 2. The summed E-state index contributed by atoms with van der Waals surface area (Å²) in [6.07, 6.45) is 0.0522. The average molecular weight is 437 g/mol. The van der Waals surface area contributed by atoms with Crippen molar-refractivity contribution < 1.29 is 4.79 Å². The van der Waals surface area contributed by atoms with E-state index in [-0.39, 0.29) is 24.2 Å². The fourth-order valence-corrected chi connectivity index (χ4v) is 4.97. The zero-order chi connectivity index (χ0) is 22.0. The second-order valence-corrected chi connectivity index (χ2v) is 8.99. The first-order valence-corrected chi connectivity index (χ1v) is 10.8. The molecule has 2 unspecified atom stereocenters. The highest BCUT2D eigenvalue weighted by atomic mass is 35.5. The van der Waals surface area contributed by atoms with Crippen LogP contribution in [0, 0.1) is 6.92 Å². The van der Waals surface area contributed by atoms with Gasteiger partial charge in [0.1, 0.15) is 17.3 Å². The molecule has 2 aliphatic rings. The summed E-state index contributed by atoms with van der Waals surface area (Å²) in [6.45, 7) is 8.31. The van der Waals surface area contributed by atoms with Crippen LogP contribution in [0.2, 0.25) is 5.02 Å². The Kier molecular flexibility index (Phi) is 4.48. The lowest BCUT2D eigenvalue weighted by Gasteiger charge is -2.34. The standard InChI is InChI=1S/C23H25ClN6O/c1-12(2)29-14(4)25-20-21(15-6-8-16(24)9-7-15)30(23(31)22(20)29)17-10-13(3)19-18(11-17)28(5)27-26-19/h6-12,14,21,25H,1-5H3. The number of aromatic nitrogens is 3. The van der Waals surface area contributed by atoms with Crippen molar-refractivity contribution in [2.24, 2.45) is 7.05 Å². The molecule has 2 aliphatic heterocycles. The second kappa shape index (κ2) is 6.99. The summed E-state index contributed by atoms with van der Waals surface area (Å²) in [7, 11) is 1.86. The molecule has 7 nitrogen and oxygen atoms in total. The lowest BCUT2D eigenvalue weighted by molar-refractivity contribution is -0.116. The van der Waals surface area contributed by atoms with Gasteiger partial charge in [0.2, 0.25) is 0 Å². The van der Waals surface area contributed by atoms with Crippen molar-refractivity contribution in [3.05, 3.63) is 63.9 Å². The van der Waals surface area contributed by atoms with Gasteiger partial charge in [-0.1, -0.05) is 28.9 Å². The van der Waals surface area contributed by atoms with E-state index in [0.29, 0.717) is 5.02 Å². The first kappa shape index (κ1) is 19.9. The molecule has 0 bridgehead atoms. The van der Waals surface area contributed by atoms with Crippen molar-refractivity contribution in [3.63, 3.8) is 0 Å². The molecule has 5 rings (SSSR count). The predicted molar refractivity (Wildman–Crippen MR) is 122 cm³/mol. The van der Waals surface area contributed by atoms with Crippen molar-refractivity contribution in [1.82, 2.24) is 25.2 Å². The topological polar surface area (TPSA) is 66.3 Å². The van der Waals surface area contributed by atoms with Gasteiger partial charge in [0.25, 0.3) is 5.91 Å². The molecule has 160 valence electrons. The van der Waals surface area contributed by atoms with Crippen LogP contribution in [0.3, 0.4) is 0 Å². The minimum atomic E-state index is -0.260. The van der Waals surface area contributed by atoms with E-state index >= 15 is 0 Å². The molecule has 1 amide bonds. The summed E-state index contributed by atoms with van der Waals surface area (Å²) in [5, 5.41) is 12.7. The van der Waals surface area contributed by atoms with Gasteiger partial charge in [-0.3, -0.25) is 9.69 Å². The van der Waals surface area contributed by atoms with Crippen LogP contribution in [-0.4, -0.2) is 38.0 Å². The minimum absolute atomic E-state index is 0.00521. The maximum absolute atomic E-state index is 13.9. The Morgan fingerprint density at radius 2 is 1.87 bits per heavy atom. The first-order valence-electron chi connectivity index (χ1n) is 10.5. The van der Waals surface area contributed by atoms with Crippen molar-refractivity contribution in [2.45, 2.75) is 45.9 Å². The summed E-state index contributed by atoms with van der Waals surface area (Å²) in [4.78, 5) is 17.9. The summed E-state index contributed by atoms with van der Waals surface area (Å²) in [6, 6.07) is 11.7. The lowest BCUT2D eigenvalue weighted by atomic mass is 10.0. The van der Waals surface area contributed by atoms with Crippen LogP contribution in [0.4, 0.5) is 5.69 Å². The van der Waals surface area contributed by atoms with Crippen LogP contribution in [0.1, 0.15) is 37.9 Å². The molecular formula is C23H25ClN6O. The van der Waals surface area contributed by atoms with Crippen molar-refractivity contribution in [3.8, 4) is 0 Å². The Bertz CT molecular complexity index is 1230. The van der Waals surface area contributed by atoms with E-state index < -0.39 is 0 Å². The number of nitrogens with one attached hydrogen (secondary N) is 1. The fourth-order valence-electron chi connectivity index (χ4n) is 4.84. The first-order chi connectivity index (χ1) is 14.8. The summed E-state index contributed by atoms with van der Waals surface area (Å²) in [5.74, 6) is -0.00521. The Labute approximate surface area is 186 Å². The molecule has 1 N–H and O–H groups in total. The SMILES string of the molecule is Cc1cc(N2C(=O)C3=C(NC(C)N3C(C)C)C2c2ccc(Cl)cc2)cc2c1nnn2C. The number of anilines is 1. The van der Waals surface area contributed by atoms with E-state index in [1.54, 1.807) is 4.68 Å². The minimum Gasteiger partial charge on any atom is -0.365 e. The molecule has 0 spiro atoms. The highest BCUT2D eigenvalue weighted by Crippen LogP contribution is 2.45. The van der Waals surface area contributed by atoms with Crippen LogP contribution < -0.4 is 10.2 Å². The molecule has 8 heteroatoms. The molecule has 0 fully saturated rings. The zero-order valence-corrected chi connectivity index (χ0v) is 19.0. The number of fused-ring (bicyclic) bond motifs is 1.